The van der Waals surface area contributed by atoms with Crippen LogP contribution in [0.4, 0.5) is 0 Å². The van der Waals surface area contributed by atoms with E-state index < -0.39 is 10.0 Å². The third kappa shape index (κ3) is 3.91. The highest BCUT2D eigenvalue weighted by Crippen LogP contribution is 2.11. The van der Waals surface area contributed by atoms with Crippen molar-refractivity contribution in [2.24, 2.45) is 5.14 Å². The summed E-state index contributed by atoms with van der Waals surface area (Å²) >= 11 is 0. The minimum Gasteiger partial charge on any atom is -0.468 e. The van der Waals surface area contributed by atoms with Crippen LogP contribution in [-0.4, -0.2) is 20.7 Å². The molecule has 0 radical (unpaired) electrons. The molecule has 0 unspecified atom stereocenters. The first-order valence-corrected chi connectivity index (χ1v) is 5.98. The summed E-state index contributed by atoms with van der Waals surface area (Å²) in [6.45, 7) is 2.21. The van der Waals surface area contributed by atoms with E-state index in [-0.39, 0.29) is 11.8 Å². The van der Waals surface area contributed by atoms with Crippen LogP contribution in [0.2, 0.25) is 0 Å². The van der Waals surface area contributed by atoms with E-state index in [1.54, 1.807) is 12.3 Å². The standard InChI is InChI=1S/C8H14N2O3S/c1-7(8-3-2-5-13-8)10-4-6-14(9,11)12/h2-3,5,7,10H,4,6H2,1H3,(H2,9,11,12)/t7-/m0/s1. The van der Waals surface area contributed by atoms with Gasteiger partial charge in [-0.1, -0.05) is 0 Å². The molecule has 3 N–H and O–H groups in total. The molecule has 0 saturated heterocycles. The van der Waals surface area contributed by atoms with Gasteiger partial charge in [-0.25, -0.2) is 13.6 Å². The van der Waals surface area contributed by atoms with Gasteiger partial charge < -0.3 is 9.73 Å². The molecule has 6 heteroatoms. The van der Waals surface area contributed by atoms with E-state index in [4.69, 9.17) is 9.56 Å². The summed E-state index contributed by atoms with van der Waals surface area (Å²) in [5, 5.41) is 7.84. The Morgan fingerprint density at radius 2 is 2.36 bits per heavy atom. The van der Waals surface area contributed by atoms with Gasteiger partial charge in [-0.15, -0.1) is 0 Å². The van der Waals surface area contributed by atoms with E-state index in [2.05, 4.69) is 5.32 Å². The minimum absolute atomic E-state index is 0.00764. The molecule has 0 bridgehead atoms. The first kappa shape index (κ1) is 11.2. The number of furan rings is 1. The maximum absolute atomic E-state index is 10.6. The number of rotatable bonds is 5. The van der Waals surface area contributed by atoms with Crippen molar-refractivity contribution >= 4 is 10.0 Å². The summed E-state index contributed by atoms with van der Waals surface area (Å²) in [4.78, 5) is 0. The van der Waals surface area contributed by atoms with Gasteiger partial charge in [-0.3, -0.25) is 0 Å². The van der Waals surface area contributed by atoms with Crippen LogP contribution in [0.1, 0.15) is 18.7 Å². The highest BCUT2D eigenvalue weighted by molar-refractivity contribution is 7.89. The van der Waals surface area contributed by atoms with Crippen LogP contribution in [-0.2, 0) is 10.0 Å². The van der Waals surface area contributed by atoms with E-state index in [9.17, 15) is 8.42 Å². The fourth-order valence-corrected chi connectivity index (χ4v) is 1.46. The third-order valence-corrected chi connectivity index (χ3v) is 2.58. The molecule has 1 heterocycles. The monoisotopic (exact) mass is 218 g/mol. The van der Waals surface area contributed by atoms with E-state index >= 15 is 0 Å². The Balaban J connectivity index is 2.33. The summed E-state index contributed by atoms with van der Waals surface area (Å²) in [5.74, 6) is 0.706. The van der Waals surface area contributed by atoms with Crippen molar-refractivity contribution in [2.45, 2.75) is 13.0 Å². The molecule has 5 nitrogen and oxygen atoms in total. The van der Waals surface area contributed by atoms with E-state index in [0.717, 1.165) is 5.76 Å². The normalized spacial score (nSPS) is 14.1. The first-order chi connectivity index (χ1) is 6.49. The zero-order valence-corrected chi connectivity index (χ0v) is 8.75. The lowest BCUT2D eigenvalue weighted by atomic mass is 10.2. The number of hydrogen-bond donors (Lipinski definition) is 2. The molecule has 0 saturated carbocycles. The lowest BCUT2D eigenvalue weighted by Gasteiger charge is -2.09. The zero-order valence-electron chi connectivity index (χ0n) is 7.93. The second-order valence-electron chi connectivity index (χ2n) is 3.06. The molecule has 14 heavy (non-hydrogen) atoms. The molecule has 1 aromatic rings. The molecular weight excluding hydrogens is 204 g/mol. The molecule has 0 aliphatic heterocycles. The fourth-order valence-electron chi connectivity index (χ4n) is 1.06. The number of nitrogens with two attached hydrogens (primary N) is 1. The summed E-state index contributed by atoms with van der Waals surface area (Å²) in [6.07, 6.45) is 1.58. The van der Waals surface area contributed by atoms with Crippen LogP contribution in [0, 0.1) is 0 Å². The van der Waals surface area contributed by atoms with Gasteiger partial charge >= 0.3 is 0 Å². The van der Waals surface area contributed by atoms with Crippen molar-refractivity contribution in [1.29, 1.82) is 0 Å². The Morgan fingerprint density at radius 3 is 2.86 bits per heavy atom. The van der Waals surface area contributed by atoms with Crippen molar-refractivity contribution in [3.05, 3.63) is 24.2 Å². The summed E-state index contributed by atoms with van der Waals surface area (Å²) in [5.41, 5.74) is 0. The molecule has 0 spiro atoms. The van der Waals surface area contributed by atoms with Gasteiger partial charge in [0.1, 0.15) is 5.76 Å². The van der Waals surface area contributed by atoms with Crippen LogP contribution in [0.15, 0.2) is 22.8 Å². The van der Waals surface area contributed by atoms with Crippen LogP contribution >= 0.6 is 0 Å². The molecule has 0 amide bonds. The quantitative estimate of drug-likeness (QED) is 0.740. The highest BCUT2D eigenvalue weighted by Gasteiger charge is 2.08. The molecule has 0 aromatic carbocycles. The smallest absolute Gasteiger partial charge is 0.210 e. The molecular formula is C8H14N2O3S. The molecule has 1 aromatic heterocycles. The maximum atomic E-state index is 10.6. The van der Waals surface area contributed by atoms with Gasteiger partial charge in [0.05, 0.1) is 18.1 Å². The van der Waals surface area contributed by atoms with Crippen molar-refractivity contribution in [3.8, 4) is 0 Å². The fraction of sp³-hybridized carbons (Fsp3) is 0.500. The molecule has 1 rings (SSSR count). The molecule has 1 atom stereocenters. The van der Waals surface area contributed by atoms with E-state index in [0.29, 0.717) is 6.54 Å². The third-order valence-electron chi connectivity index (χ3n) is 1.81. The summed E-state index contributed by atoms with van der Waals surface area (Å²) in [6, 6.07) is 3.61. The van der Waals surface area contributed by atoms with Crippen molar-refractivity contribution in [3.63, 3.8) is 0 Å². The van der Waals surface area contributed by atoms with Crippen LogP contribution in [0.25, 0.3) is 0 Å². The SMILES string of the molecule is C[C@H](NCCS(N)(=O)=O)c1ccco1. The summed E-state index contributed by atoms with van der Waals surface area (Å²) in [7, 11) is -3.38. The highest BCUT2D eigenvalue weighted by atomic mass is 32.2. The van der Waals surface area contributed by atoms with Crippen molar-refractivity contribution in [2.75, 3.05) is 12.3 Å². The Kier molecular flexibility index (Phi) is 3.68. The topological polar surface area (TPSA) is 85.3 Å². The van der Waals surface area contributed by atoms with E-state index in [1.165, 1.54) is 0 Å². The van der Waals surface area contributed by atoms with Crippen molar-refractivity contribution in [1.82, 2.24) is 5.32 Å². The van der Waals surface area contributed by atoms with Crippen LogP contribution < -0.4 is 10.5 Å². The van der Waals surface area contributed by atoms with Gasteiger partial charge in [0.2, 0.25) is 10.0 Å². The average molecular weight is 218 g/mol. The van der Waals surface area contributed by atoms with Gasteiger partial charge in [0, 0.05) is 6.54 Å². The van der Waals surface area contributed by atoms with Crippen molar-refractivity contribution < 1.29 is 12.8 Å². The predicted molar refractivity (Wildman–Crippen MR) is 53.1 cm³/mol. The van der Waals surface area contributed by atoms with Gasteiger partial charge in [-0.2, -0.15) is 0 Å². The lowest BCUT2D eigenvalue weighted by Crippen LogP contribution is -2.28. The lowest BCUT2D eigenvalue weighted by molar-refractivity contribution is 0.437. The van der Waals surface area contributed by atoms with Gasteiger partial charge in [0.15, 0.2) is 0 Å². The largest absolute Gasteiger partial charge is 0.468 e. The molecule has 0 fully saturated rings. The average Bonchev–Trinajstić information content (AvgIpc) is 2.53. The second kappa shape index (κ2) is 4.59. The Bertz CT molecular complexity index is 358. The Morgan fingerprint density at radius 1 is 1.64 bits per heavy atom. The first-order valence-electron chi connectivity index (χ1n) is 4.26. The van der Waals surface area contributed by atoms with Crippen LogP contribution in [0.3, 0.4) is 0 Å². The van der Waals surface area contributed by atoms with Gasteiger partial charge in [0.25, 0.3) is 0 Å². The predicted octanol–water partition coefficient (Wildman–Crippen LogP) is 0.219. The number of sulfonamides is 1. The van der Waals surface area contributed by atoms with Crippen LogP contribution in [0.5, 0.6) is 0 Å². The number of primary sulfonamides is 1. The molecule has 0 aliphatic carbocycles. The number of hydrogen-bond acceptors (Lipinski definition) is 4. The van der Waals surface area contributed by atoms with Gasteiger partial charge in [-0.05, 0) is 19.1 Å². The van der Waals surface area contributed by atoms with E-state index in [1.807, 2.05) is 13.0 Å². The summed E-state index contributed by atoms with van der Waals surface area (Å²) < 4.78 is 26.4. The minimum atomic E-state index is -3.38. The Hall–Kier alpha value is -0.850. The zero-order chi connectivity index (χ0) is 10.6. The maximum Gasteiger partial charge on any atom is 0.210 e. The number of nitrogens with one attached hydrogen (secondary N) is 1. The molecule has 80 valence electrons. The Labute approximate surface area is 83.3 Å². The second-order valence-corrected chi connectivity index (χ2v) is 4.79. The molecule has 0 aliphatic rings.